The number of methoxy groups -OCH3 is 1. The summed E-state index contributed by atoms with van der Waals surface area (Å²) in [6, 6.07) is -0.00726. The molecule has 0 bridgehead atoms. The number of likely N-dealkylation sites (N-methyl/N-ethyl adjacent to an activating group) is 1. The predicted octanol–water partition coefficient (Wildman–Crippen LogP) is 1.21. The normalized spacial score (nSPS) is 17.5. The van der Waals surface area contributed by atoms with Crippen LogP contribution in [0.1, 0.15) is 26.2 Å². The molecule has 0 spiro atoms. The molecule has 0 heterocycles. The quantitative estimate of drug-likeness (QED) is 0.599. The van der Waals surface area contributed by atoms with Crippen molar-refractivity contribution in [1.29, 1.82) is 0 Å². The Morgan fingerprint density at radius 1 is 1.35 bits per heavy atom. The van der Waals surface area contributed by atoms with Gasteiger partial charge in [-0.05, 0) is 52.4 Å². The molecule has 0 aromatic carbocycles. The van der Waals surface area contributed by atoms with Crippen LogP contribution in [0.25, 0.3) is 0 Å². The molecule has 0 aromatic rings. The molecule has 0 aromatic heterocycles. The number of hydrogen-bond donors (Lipinski definition) is 0. The van der Waals surface area contributed by atoms with Crippen molar-refractivity contribution in [1.82, 2.24) is 9.80 Å². The average molecular weight is 242 g/mol. The number of rotatable bonds is 8. The number of carbonyl (C=O) groups is 1. The Labute approximate surface area is 105 Å². The second kappa shape index (κ2) is 6.97. The smallest absolute Gasteiger partial charge is 0.323 e. The van der Waals surface area contributed by atoms with Gasteiger partial charge in [0.05, 0.1) is 7.11 Å². The van der Waals surface area contributed by atoms with Gasteiger partial charge in [-0.2, -0.15) is 0 Å². The Kier molecular flexibility index (Phi) is 5.92. The Bertz CT molecular complexity index is 240. The van der Waals surface area contributed by atoms with Gasteiger partial charge in [0.2, 0.25) is 0 Å². The second-order valence-corrected chi connectivity index (χ2v) is 5.09. The average Bonchev–Trinajstić information content (AvgIpc) is 3.10. The van der Waals surface area contributed by atoms with E-state index < -0.39 is 0 Å². The van der Waals surface area contributed by atoms with Crippen molar-refractivity contribution in [3.63, 3.8) is 0 Å². The fraction of sp³-hybridized carbons (Fsp3) is 0.923. The summed E-state index contributed by atoms with van der Waals surface area (Å²) in [6.07, 6.45) is 3.44. The highest BCUT2D eigenvalue weighted by Crippen LogP contribution is 2.36. The Hall–Kier alpha value is -0.610. The lowest BCUT2D eigenvalue weighted by molar-refractivity contribution is -0.147. The molecule has 0 N–H and O–H groups in total. The molecular formula is C13H26N2O2. The van der Waals surface area contributed by atoms with Crippen molar-refractivity contribution in [2.45, 2.75) is 32.2 Å². The van der Waals surface area contributed by atoms with Gasteiger partial charge in [0.25, 0.3) is 0 Å². The highest BCUT2D eigenvalue weighted by atomic mass is 16.5. The van der Waals surface area contributed by atoms with Crippen LogP contribution in [0.5, 0.6) is 0 Å². The maximum atomic E-state index is 11.8. The molecule has 100 valence electrons. The molecule has 17 heavy (non-hydrogen) atoms. The third-order valence-electron chi connectivity index (χ3n) is 3.36. The molecule has 0 saturated heterocycles. The van der Waals surface area contributed by atoms with Crippen LogP contribution in [0.3, 0.4) is 0 Å². The van der Waals surface area contributed by atoms with Gasteiger partial charge in [0, 0.05) is 6.54 Å². The van der Waals surface area contributed by atoms with E-state index in [-0.39, 0.29) is 12.0 Å². The number of hydrogen-bond acceptors (Lipinski definition) is 4. The number of ether oxygens (including phenoxy) is 1. The third kappa shape index (κ3) is 4.64. The zero-order chi connectivity index (χ0) is 12.8. The monoisotopic (exact) mass is 242 g/mol. The zero-order valence-electron chi connectivity index (χ0n) is 11.6. The fourth-order valence-electron chi connectivity index (χ4n) is 2.26. The molecule has 0 radical (unpaired) electrons. The Balaban J connectivity index is 2.46. The van der Waals surface area contributed by atoms with E-state index in [4.69, 9.17) is 4.74 Å². The molecule has 0 aliphatic heterocycles. The van der Waals surface area contributed by atoms with E-state index in [0.29, 0.717) is 5.92 Å². The lowest BCUT2D eigenvalue weighted by Gasteiger charge is -2.29. The van der Waals surface area contributed by atoms with Crippen LogP contribution in [0.15, 0.2) is 0 Å². The van der Waals surface area contributed by atoms with Crippen LogP contribution in [0, 0.1) is 5.92 Å². The van der Waals surface area contributed by atoms with E-state index >= 15 is 0 Å². The number of nitrogens with zero attached hydrogens (tertiary/aromatic N) is 2. The van der Waals surface area contributed by atoms with Crippen molar-refractivity contribution < 1.29 is 9.53 Å². The molecule has 0 amide bonds. The lowest BCUT2D eigenvalue weighted by Crippen LogP contribution is -2.44. The highest BCUT2D eigenvalue weighted by molar-refractivity contribution is 5.76. The highest BCUT2D eigenvalue weighted by Gasteiger charge is 2.40. The predicted molar refractivity (Wildman–Crippen MR) is 68.9 cm³/mol. The van der Waals surface area contributed by atoms with Gasteiger partial charge in [-0.1, -0.05) is 6.92 Å². The molecule has 1 unspecified atom stereocenters. The van der Waals surface area contributed by atoms with Gasteiger partial charge in [-0.3, -0.25) is 9.69 Å². The summed E-state index contributed by atoms with van der Waals surface area (Å²) in [6.45, 7) is 5.08. The van der Waals surface area contributed by atoms with E-state index in [0.717, 1.165) is 26.1 Å². The number of carbonyl (C=O) groups excluding carboxylic acids is 1. The maximum Gasteiger partial charge on any atom is 0.323 e. The second-order valence-electron chi connectivity index (χ2n) is 5.09. The molecule has 4 heteroatoms. The van der Waals surface area contributed by atoms with Crippen molar-refractivity contribution in [2.24, 2.45) is 5.92 Å². The van der Waals surface area contributed by atoms with Crippen molar-refractivity contribution >= 4 is 5.97 Å². The van der Waals surface area contributed by atoms with Crippen LogP contribution in [0.4, 0.5) is 0 Å². The third-order valence-corrected chi connectivity index (χ3v) is 3.36. The standard InChI is InChI=1S/C13H26N2O2/c1-5-15(10-6-9-14(2)3)12(11-7-8-11)13(16)17-4/h11-12H,5-10H2,1-4H3. The molecule has 1 saturated carbocycles. The van der Waals surface area contributed by atoms with Crippen LogP contribution in [0.2, 0.25) is 0 Å². The fourth-order valence-corrected chi connectivity index (χ4v) is 2.26. The summed E-state index contributed by atoms with van der Waals surface area (Å²) in [4.78, 5) is 16.3. The molecule has 4 nitrogen and oxygen atoms in total. The minimum Gasteiger partial charge on any atom is -0.468 e. The Morgan fingerprint density at radius 2 is 2.00 bits per heavy atom. The SMILES string of the molecule is CCN(CCCN(C)C)C(C(=O)OC)C1CC1. The van der Waals surface area contributed by atoms with Gasteiger partial charge < -0.3 is 9.64 Å². The van der Waals surface area contributed by atoms with E-state index in [2.05, 4.69) is 30.8 Å². The number of esters is 1. The summed E-state index contributed by atoms with van der Waals surface area (Å²) in [5, 5.41) is 0. The minimum atomic E-state index is -0.0563. The zero-order valence-corrected chi connectivity index (χ0v) is 11.6. The summed E-state index contributed by atoms with van der Waals surface area (Å²) < 4.78 is 4.93. The van der Waals surface area contributed by atoms with E-state index in [9.17, 15) is 4.79 Å². The largest absolute Gasteiger partial charge is 0.468 e. The van der Waals surface area contributed by atoms with Crippen LogP contribution in [-0.4, -0.2) is 62.7 Å². The van der Waals surface area contributed by atoms with E-state index in [1.54, 1.807) is 0 Å². The van der Waals surface area contributed by atoms with Gasteiger partial charge in [0.1, 0.15) is 6.04 Å². The molecule has 1 rings (SSSR count). The topological polar surface area (TPSA) is 32.8 Å². The maximum absolute atomic E-state index is 11.8. The molecular weight excluding hydrogens is 216 g/mol. The lowest BCUT2D eigenvalue weighted by atomic mass is 10.1. The van der Waals surface area contributed by atoms with E-state index in [1.807, 2.05) is 0 Å². The summed E-state index contributed by atoms with van der Waals surface area (Å²) in [7, 11) is 5.65. The van der Waals surface area contributed by atoms with Crippen molar-refractivity contribution in [3.05, 3.63) is 0 Å². The first-order valence-corrected chi connectivity index (χ1v) is 6.56. The first-order valence-electron chi connectivity index (χ1n) is 6.56. The first-order chi connectivity index (χ1) is 8.10. The summed E-state index contributed by atoms with van der Waals surface area (Å²) in [5.74, 6) is 0.473. The summed E-state index contributed by atoms with van der Waals surface area (Å²) >= 11 is 0. The van der Waals surface area contributed by atoms with Crippen molar-refractivity contribution in [2.75, 3.05) is 40.8 Å². The molecule has 1 aliphatic rings. The van der Waals surface area contributed by atoms with Gasteiger partial charge in [0.15, 0.2) is 0 Å². The molecule has 1 aliphatic carbocycles. The van der Waals surface area contributed by atoms with Crippen molar-refractivity contribution in [3.8, 4) is 0 Å². The molecule has 1 fully saturated rings. The summed E-state index contributed by atoms with van der Waals surface area (Å²) in [5.41, 5.74) is 0. The Morgan fingerprint density at radius 3 is 2.41 bits per heavy atom. The van der Waals surface area contributed by atoms with E-state index in [1.165, 1.54) is 20.0 Å². The van der Waals surface area contributed by atoms with Crippen LogP contribution >= 0.6 is 0 Å². The van der Waals surface area contributed by atoms with Crippen LogP contribution in [-0.2, 0) is 9.53 Å². The van der Waals surface area contributed by atoms with Crippen LogP contribution < -0.4 is 0 Å². The first kappa shape index (κ1) is 14.5. The minimum absolute atomic E-state index is 0.00726. The van der Waals surface area contributed by atoms with Gasteiger partial charge in [-0.25, -0.2) is 0 Å². The van der Waals surface area contributed by atoms with Gasteiger partial charge >= 0.3 is 5.97 Å². The van der Waals surface area contributed by atoms with Gasteiger partial charge in [-0.15, -0.1) is 0 Å². The molecule has 1 atom stereocenters.